The number of pyridine rings is 1. The molecular formula is C15H10F3N3O4S. The number of thioether (sulfide) groups is 1. The standard InChI is InChI=1S/C15H10F3N3O4S/c16-15(17,18)9-4-10(11-2-1-3-25-11)21-14(8(9)5-19)26-7-12(22)20-6-13(23)24/h1-4H,6-7H2,(H,20,22)(H,23,24). The number of hydrogen-bond acceptors (Lipinski definition) is 6. The number of carbonyl (C=O) groups excluding carboxylic acids is 1. The second-order valence-electron chi connectivity index (χ2n) is 4.78. The van der Waals surface area contributed by atoms with E-state index in [4.69, 9.17) is 14.8 Å². The summed E-state index contributed by atoms with van der Waals surface area (Å²) in [6.45, 7) is -0.627. The Kier molecular flexibility index (Phi) is 5.89. The molecule has 0 aliphatic heterocycles. The van der Waals surface area contributed by atoms with Crippen LogP contribution in [0.5, 0.6) is 0 Å². The largest absolute Gasteiger partial charge is 0.480 e. The molecule has 0 atom stereocenters. The third-order valence-corrected chi connectivity index (χ3v) is 3.93. The fraction of sp³-hybridized carbons (Fsp3) is 0.200. The van der Waals surface area contributed by atoms with Gasteiger partial charge >= 0.3 is 12.1 Å². The van der Waals surface area contributed by atoms with E-state index in [1.54, 1.807) is 0 Å². The molecule has 0 aromatic carbocycles. The molecule has 1 amide bonds. The lowest BCUT2D eigenvalue weighted by Crippen LogP contribution is -2.30. The van der Waals surface area contributed by atoms with Gasteiger partial charge in [-0.25, -0.2) is 4.98 Å². The summed E-state index contributed by atoms with van der Waals surface area (Å²) in [5.74, 6) is -2.33. The van der Waals surface area contributed by atoms with Gasteiger partial charge in [0.15, 0.2) is 5.76 Å². The summed E-state index contributed by atoms with van der Waals surface area (Å²) in [7, 11) is 0. The number of hydrogen-bond donors (Lipinski definition) is 2. The van der Waals surface area contributed by atoms with Gasteiger partial charge in [0, 0.05) is 0 Å². The number of nitrogens with one attached hydrogen (secondary N) is 1. The van der Waals surface area contributed by atoms with Crippen LogP contribution in [0.2, 0.25) is 0 Å². The Labute approximate surface area is 148 Å². The topological polar surface area (TPSA) is 116 Å². The van der Waals surface area contributed by atoms with Crippen LogP contribution < -0.4 is 5.32 Å². The molecule has 0 bridgehead atoms. The molecule has 7 nitrogen and oxygen atoms in total. The van der Waals surface area contributed by atoms with Gasteiger partial charge in [0.05, 0.1) is 23.1 Å². The quantitative estimate of drug-likeness (QED) is 0.734. The molecule has 2 heterocycles. The normalized spacial score (nSPS) is 11.0. The number of alkyl halides is 3. The highest BCUT2D eigenvalue weighted by Crippen LogP contribution is 2.37. The zero-order valence-electron chi connectivity index (χ0n) is 12.8. The van der Waals surface area contributed by atoms with Crippen molar-refractivity contribution in [3.8, 4) is 17.5 Å². The van der Waals surface area contributed by atoms with E-state index >= 15 is 0 Å². The number of carboxylic acid groups (broad SMARTS) is 1. The van der Waals surface area contributed by atoms with Crippen LogP contribution >= 0.6 is 11.8 Å². The third-order valence-electron chi connectivity index (χ3n) is 2.95. The van der Waals surface area contributed by atoms with Crippen molar-refractivity contribution in [1.82, 2.24) is 10.3 Å². The number of amides is 1. The highest BCUT2D eigenvalue weighted by molar-refractivity contribution is 8.00. The van der Waals surface area contributed by atoms with Crippen LogP contribution in [0, 0.1) is 11.3 Å². The summed E-state index contributed by atoms with van der Waals surface area (Å²) in [5, 5.41) is 19.4. The number of aromatic nitrogens is 1. The molecule has 26 heavy (non-hydrogen) atoms. The Balaban J connectivity index is 2.37. The molecule has 0 radical (unpaired) electrons. The van der Waals surface area contributed by atoms with Gasteiger partial charge in [0.1, 0.15) is 23.3 Å². The number of halogens is 3. The van der Waals surface area contributed by atoms with Crippen molar-refractivity contribution in [1.29, 1.82) is 5.26 Å². The van der Waals surface area contributed by atoms with E-state index in [0.717, 1.165) is 0 Å². The highest BCUT2D eigenvalue weighted by Gasteiger charge is 2.36. The first-order valence-corrected chi connectivity index (χ1v) is 7.88. The number of carboxylic acids is 1. The average molecular weight is 385 g/mol. The highest BCUT2D eigenvalue weighted by atomic mass is 32.2. The molecule has 0 spiro atoms. The minimum atomic E-state index is -4.81. The number of aliphatic carboxylic acids is 1. The summed E-state index contributed by atoms with van der Waals surface area (Å²) in [5.41, 5.74) is -2.06. The molecule has 2 aromatic rings. The van der Waals surface area contributed by atoms with Gasteiger partial charge in [-0.15, -0.1) is 0 Å². The molecule has 136 valence electrons. The van der Waals surface area contributed by atoms with Crippen molar-refractivity contribution in [3.05, 3.63) is 35.6 Å². The predicted molar refractivity (Wildman–Crippen MR) is 83.0 cm³/mol. The van der Waals surface area contributed by atoms with E-state index in [1.807, 2.05) is 0 Å². The maximum absolute atomic E-state index is 13.3. The van der Waals surface area contributed by atoms with Crippen LogP contribution in [0.15, 0.2) is 33.9 Å². The summed E-state index contributed by atoms with van der Waals surface area (Å²) in [4.78, 5) is 25.9. The Morgan fingerprint density at radius 3 is 2.69 bits per heavy atom. The second-order valence-corrected chi connectivity index (χ2v) is 5.75. The molecule has 2 N–H and O–H groups in total. The van der Waals surface area contributed by atoms with E-state index in [1.165, 1.54) is 24.5 Å². The zero-order chi connectivity index (χ0) is 19.3. The predicted octanol–water partition coefficient (Wildman–Crippen LogP) is 2.52. The molecule has 0 aliphatic carbocycles. The fourth-order valence-corrected chi connectivity index (χ4v) is 2.70. The maximum Gasteiger partial charge on any atom is 0.417 e. The van der Waals surface area contributed by atoms with Gasteiger partial charge in [-0.05, 0) is 18.2 Å². The molecule has 0 aliphatic rings. The van der Waals surface area contributed by atoms with Crippen molar-refractivity contribution in [2.45, 2.75) is 11.2 Å². The monoisotopic (exact) mass is 385 g/mol. The maximum atomic E-state index is 13.3. The molecular weight excluding hydrogens is 375 g/mol. The van der Waals surface area contributed by atoms with Crippen molar-refractivity contribution < 1.29 is 32.3 Å². The number of nitrogens with zero attached hydrogens (tertiary/aromatic N) is 2. The third kappa shape index (κ3) is 4.76. The Bertz CT molecular complexity index is 860. The van der Waals surface area contributed by atoms with Crippen molar-refractivity contribution >= 4 is 23.6 Å². The van der Waals surface area contributed by atoms with Crippen LogP contribution in [-0.2, 0) is 15.8 Å². The van der Waals surface area contributed by atoms with Crippen molar-refractivity contribution in [2.75, 3.05) is 12.3 Å². The molecule has 2 aromatic heterocycles. The van der Waals surface area contributed by atoms with E-state index in [0.29, 0.717) is 17.8 Å². The van der Waals surface area contributed by atoms with Crippen LogP contribution in [0.25, 0.3) is 11.5 Å². The fourth-order valence-electron chi connectivity index (χ4n) is 1.87. The van der Waals surface area contributed by atoms with Crippen LogP contribution in [0.1, 0.15) is 11.1 Å². The smallest absolute Gasteiger partial charge is 0.417 e. The Morgan fingerprint density at radius 2 is 2.15 bits per heavy atom. The lowest BCUT2D eigenvalue weighted by Gasteiger charge is -2.13. The lowest BCUT2D eigenvalue weighted by atomic mass is 10.1. The Hall–Kier alpha value is -3.00. The first kappa shape index (κ1) is 19.3. The first-order chi connectivity index (χ1) is 12.2. The van der Waals surface area contributed by atoms with Crippen LogP contribution in [0.4, 0.5) is 13.2 Å². The van der Waals surface area contributed by atoms with E-state index in [2.05, 4.69) is 10.3 Å². The lowest BCUT2D eigenvalue weighted by molar-refractivity contribution is -0.138. The minimum Gasteiger partial charge on any atom is -0.480 e. The summed E-state index contributed by atoms with van der Waals surface area (Å²) in [6, 6.07) is 5.03. The summed E-state index contributed by atoms with van der Waals surface area (Å²) < 4.78 is 44.9. The molecule has 11 heteroatoms. The first-order valence-electron chi connectivity index (χ1n) is 6.90. The molecule has 0 fully saturated rings. The number of nitriles is 1. The van der Waals surface area contributed by atoms with Gasteiger partial charge in [-0.3, -0.25) is 9.59 Å². The van der Waals surface area contributed by atoms with Gasteiger partial charge in [-0.1, -0.05) is 11.8 Å². The van der Waals surface area contributed by atoms with Gasteiger partial charge in [0.2, 0.25) is 5.91 Å². The summed E-state index contributed by atoms with van der Waals surface area (Å²) in [6.07, 6.45) is -3.55. The number of rotatable bonds is 6. The summed E-state index contributed by atoms with van der Waals surface area (Å²) >= 11 is 0.593. The SMILES string of the molecule is N#Cc1c(C(F)(F)F)cc(-c2ccco2)nc1SCC(=O)NCC(=O)O. The minimum absolute atomic E-state index is 0.0668. The second kappa shape index (κ2) is 7.92. The zero-order valence-corrected chi connectivity index (χ0v) is 13.6. The molecule has 2 rings (SSSR count). The molecule has 0 saturated carbocycles. The van der Waals surface area contributed by atoms with E-state index in [9.17, 15) is 22.8 Å². The molecule has 0 unspecified atom stereocenters. The Morgan fingerprint density at radius 1 is 1.42 bits per heavy atom. The number of furan rings is 1. The molecule has 0 saturated heterocycles. The van der Waals surface area contributed by atoms with E-state index in [-0.39, 0.29) is 16.5 Å². The van der Waals surface area contributed by atoms with Gasteiger partial charge in [0.25, 0.3) is 0 Å². The van der Waals surface area contributed by atoms with Gasteiger partial charge in [-0.2, -0.15) is 18.4 Å². The van der Waals surface area contributed by atoms with Gasteiger partial charge < -0.3 is 14.8 Å². The average Bonchev–Trinajstić information content (AvgIpc) is 3.10. The van der Waals surface area contributed by atoms with Crippen molar-refractivity contribution in [3.63, 3.8) is 0 Å². The van der Waals surface area contributed by atoms with Crippen LogP contribution in [0.3, 0.4) is 0 Å². The van der Waals surface area contributed by atoms with Crippen molar-refractivity contribution in [2.24, 2.45) is 0 Å². The van der Waals surface area contributed by atoms with Crippen LogP contribution in [-0.4, -0.2) is 34.3 Å². The number of carbonyl (C=O) groups is 2. The van der Waals surface area contributed by atoms with E-state index < -0.39 is 41.5 Å².